The Kier molecular flexibility index (Phi) is 5.66. The number of ether oxygens (including phenoxy) is 1. The third-order valence-electron chi connectivity index (χ3n) is 3.64. The van der Waals surface area contributed by atoms with E-state index in [0.717, 1.165) is 11.0 Å². The number of aliphatic hydroxyl groups is 1. The molecule has 10 heteroatoms. The average molecular weight is 396 g/mol. The molecule has 3 aromatic rings. The summed E-state index contributed by atoms with van der Waals surface area (Å²) in [4.78, 5) is 8.27. The molecule has 0 saturated carbocycles. The lowest BCUT2D eigenvalue weighted by molar-refractivity contribution is -0.143. The number of hydrogen-bond donors (Lipinski definition) is 1. The van der Waals surface area contributed by atoms with Crippen LogP contribution in [0.25, 0.3) is 0 Å². The number of aliphatic hydroxyl groups excluding tert-OH is 1. The third kappa shape index (κ3) is 4.77. The van der Waals surface area contributed by atoms with Crippen molar-refractivity contribution in [2.75, 3.05) is 6.26 Å². The van der Waals surface area contributed by atoms with E-state index in [2.05, 4.69) is 15.1 Å². The molecule has 6 nitrogen and oxygen atoms in total. The second kappa shape index (κ2) is 7.97. The molecule has 0 aliphatic heterocycles. The first-order valence-corrected chi connectivity index (χ1v) is 9.00. The normalized spacial score (nSPS) is 12.8. The SMILES string of the molecule is CSc1ccc(Oc2ccc(C(O)Cn3cncn3)c(C(F)(F)F)n2)cc1. The summed E-state index contributed by atoms with van der Waals surface area (Å²) < 4.78 is 47.0. The summed E-state index contributed by atoms with van der Waals surface area (Å²) >= 11 is 1.54. The molecule has 0 fully saturated rings. The fourth-order valence-electron chi connectivity index (χ4n) is 2.37. The molecule has 1 unspecified atom stereocenters. The van der Waals surface area contributed by atoms with Gasteiger partial charge in [0.25, 0.3) is 0 Å². The molecular weight excluding hydrogens is 381 g/mol. The highest BCUT2D eigenvalue weighted by molar-refractivity contribution is 7.98. The Morgan fingerprint density at radius 3 is 2.52 bits per heavy atom. The highest BCUT2D eigenvalue weighted by Crippen LogP contribution is 2.35. The zero-order valence-corrected chi connectivity index (χ0v) is 14.9. The summed E-state index contributed by atoms with van der Waals surface area (Å²) in [7, 11) is 0. The first kappa shape index (κ1) is 19.2. The Labute approximate surface area is 157 Å². The minimum Gasteiger partial charge on any atom is -0.439 e. The topological polar surface area (TPSA) is 73.1 Å². The summed E-state index contributed by atoms with van der Waals surface area (Å²) in [6.07, 6.45) is -1.75. The van der Waals surface area contributed by atoms with Crippen LogP contribution in [0.1, 0.15) is 17.4 Å². The fourth-order valence-corrected chi connectivity index (χ4v) is 2.78. The van der Waals surface area contributed by atoms with E-state index >= 15 is 0 Å². The van der Waals surface area contributed by atoms with E-state index in [-0.39, 0.29) is 18.0 Å². The molecule has 0 bridgehead atoms. The van der Waals surface area contributed by atoms with E-state index in [4.69, 9.17) is 4.74 Å². The predicted octanol–water partition coefficient (Wildman–Crippen LogP) is 3.94. The molecule has 0 aliphatic carbocycles. The summed E-state index contributed by atoms with van der Waals surface area (Å²) in [5, 5.41) is 14.0. The number of benzene rings is 1. The van der Waals surface area contributed by atoms with Gasteiger partial charge in [0.2, 0.25) is 5.88 Å². The number of hydrogen-bond acceptors (Lipinski definition) is 6. The predicted molar refractivity (Wildman–Crippen MR) is 92.5 cm³/mol. The lowest BCUT2D eigenvalue weighted by Crippen LogP contribution is -2.18. The second-order valence-electron chi connectivity index (χ2n) is 5.50. The monoisotopic (exact) mass is 396 g/mol. The Bertz CT molecular complexity index is 886. The number of halogens is 3. The maximum atomic E-state index is 13.4. The molecule has 0 saturated heterocycles. The van der Waals surface area contributed by atoms with Gasteiger partial charge >= 0.3 is 6.18 Å². The van der Waals surface area contributed by atoms with Gasteiger partial charge in [-0.15, -0.1) is 11.8 Å². The first-order chi connectivity index (χ1) is 12.9. The van der Waals surface area contributed by atoms with Gasteiger partial charge in [-0.3, -0.25) is 4.68 Å². The van der Waals surface area contributed by atoms with Gasteiger partial charge in [0, 0.05) is 16.5 Å². The third-order valence-corrected chi connectivity index (χ3v) is 4.38. The van der Waals surface area contributed by atoms with Crippen LogP contribution in [0.3, 0.4) is 0 Å². The van der Waals surface area contributed by atoms with Crippen LogP contribution in [0.4, 0.5) is 13.2 Å². The van der Waals surface area contributed by atoms with Gasteiger partial charge in [-0.05, 0) is 36.6 Å². The molecule has 0 spiro atoms. The lowest BCUT2D eigenvalue weighted by atomic mass is 10.1. The quantitative estimate of drug-likeness (QED) is 0.637. The average Bonchev–Trinajstić information content (AvgIpc) is 3.14. The van der Waals surface area contributed by atoms with Crippen LogP contribution < -0.4 is 4.74 Å². The fraction of sp³-hybridized carbons (Fsp3) is 0.235. The van der Waals surface area contributed by atoms with Crippen LogP contribution in [-0.4, -0.2) is 31.1 Å². The molecular formula is C17H15F3N4O2S. The standard InChI is InChI=1S/C17H15F3N4O2S/c1-27-12-4-2-11(3-5-12)26-15-7-6-13(16(23-15)17(18,19)20)14(25)8-24-10-21-9-22-24/h2-7,9-10,14,25H,8H2,1H3. The van der Waals surface area contributed by atoms with E-state index in [9.17, 15) is 18.3 Å². The van der Waals surface area contributed by atoms with Gasteiger partial charge in [0.05, 0.1) is 6.54 Å². The van der Waals surface area contributed by atoms with E-state index in [0.29, 0.717) is 5.75 Å². The van der Waals surface area contributed by atoms with E-state index < -0.39 is 18.0 Å². The molecule has 1 N–H and O–H groups in total. The summed E-state index contributed by atoms with van der Waals surface area (Å²) in [5.74, 6) is 0.153. The number of aromatic nitrogens is 4. The van der Waals surface area contributed by atoms with Crippen LogP contribution in [-0.2, 0) is 12.7 Å². The smallest absolute Gasteiger partial charge is 0.433 e. The minimum absolute atomic E-state index is 0.179. The van der Waals surface area contributed by atoms with Crippen molar-refractivity contribution in [3.05, 3.63) is 60.3 Å². The number of alkyl halides is 3. The minimum atomic E-state index is -4.75. The maximum Gasteiger partial charge on any atom is 0.433 e. The Morgan fingerprint density at radius 1 is 1.19 bits per heavy atom. The molecule has 1 aromatic carbocycles. The molecule has 3 rings (SSSR count). The largest absolute Gasteiger partial charge is 0.439 e. The number of thioether (sulfide) groups is 1. The number of pyridine rings is 1. The van der Waals surface area contributed by atoms with Crippen molar-refractivity contribution in [3.8, 4) is 11.6 Å². The second-order valence-corrected chi connectivity index (χ2v) is 6.38. The van der Waals surface area contributed by atoms with Crippen LogP contribution >= 0.6 is 11.8 Å². The molecule has 27 heavy (non-hydrogen) atoms. The molecule has 1 atom stereocenters. The summed E-state index contributed by atoms with van der Waals surface area (Å²) in [6.45, 7) is -0.179. The molecule has 0 radical (unpaired) electrons. The summed E-state index contributed by atoms with van der Waals surface area (Å²) in [6, 6.07) is 9.32. The van der Waals surface area contributed by atoms with Gasteiger partial charge in [0.1, 0.15) is 24.5 Å². The van der Waals surface area contributed by atoms with Crippen molar-refractivity contribution in [2.24, 2.45) is 0 Å². The molecule has 0 aliphatic rings. The molecule has 2 heterocycles. The van der Waals surface area contributed by atoms with Crippen LogP contribution in [0.15, 0.2) is 53.9 Å². The first-order valence-electron chi connectivity index (χ1n) is 7.77. The summed E-state index contributed by atoms with van der Waals surface area (Å²) in [5.41, 5.74) is -1.56. The van der Waals surface area contributed by atoms with Crippen molar-refractivity contribution in [2.45, 2.75) is 23.7 Å². The van der Waals surface area contributed by atoms with Gasteiger partial charge in [-0.2, -0.15) is 18.3 Å². The zero-order valence-electron chi connectivity index (χ0n) is 14.1. The van der Waals surface area contributed by atoms with Gasteiger partial charge < -0.3 is 9.84 Å². The van der Waals surface area contributed by atoms with Gasteiger partial charge in [-0.25, -0.2) is 9.97 Å². The van der Waals surface area contributed by atoms with Crippen LogP contribution in [0, 0.1) is 0 Å². The van der Waals surface area contributed by atoms with Crippen molar-refractivity contribution in [1.29, 1.82) is 0 Å². The highest BCUT2D eigenvalue weighted by Gasteiger charge is 2.37. The van der Waals surface area contributed by atoms with Crippen molar-refractivity contribution >= 4 is 11.8 Å². The zero-order chi connectivity index (χ0) is 19.4. The Balaban J connectivity index is 1.86. The van der Waals surface area contributed by atoms with Crippen molar-refractivity contribution in [3.63, 3.8) is 0 Å². The van der Waals surface area contributed by atoms with Crippen molar-refractivity contribution < 1.29 is 23.0 Å². The molecule has 2 aromatic heterocycles. The van der Waals surface area contributed by atoms with E-state index in [1.165, 1.54) is 35.2 Å². The van der Waals surface area contributed by atoms with Crippen LogP contribution in [0.2, 0.25) is 0 Å². The van der Waals surface area contributed by atoms with Crippen LogP contribution in [0.5, 0.6) is 11.6 Å². The number of rotatable bonds is 6. The maximum absolute atomic E-state index is 13.4. The molecule has 142 valence electrons. The lowest BCUT2D eigenvalue weighted by Gasteiger charge is -2.17. The van der Waals surface area contributed by atoms with Gasteiger partial charge in [-0.1, -0.05) is 0 Å². The van der Waals surface area contributed by atoms with Crippen molar-refractivity contribution in [1.82, 2.24) is 19.7 Å². The highest BCUT2D eigenvalue weighted by atomic mass is 32.2. The van der Waals surface area contributed by atoms with E-state index in [1.807, 2.05) is 6.26 Å². The number of nitrogens with zero attached hydrogens (tertiary/aromatic N) is 4. The Hall–Kier alpha value is -2.59. The van der Waals surface area contributed by atoms with E-state index in [1.54, 1.807) is 24.3 Å². The van der Waals surface area contributed by atoms with Gasteiger partial charge in [0.15, 0.2) is 5.69 Å². The molecule has 0 amide bonds. The Morgan fingerprint density at radius 2 is 1.93 bits per heavy atom.